The van der Waals surface area contributed by atoms with E-state index < -0.39 is 5.97 Å². The van der Waals surface area contributed by atoms with Gasteiger partial charge >= 0.3 is 5.97 Å². The summed E-state index contributed by atoms with van der Waals surface area (Å²) in [5, 5.41) is 11.5. The summed E-state index contributed by atoms with van der Waals surface area (Å²) in [7, 11) is 0. The maximum Gasteiger partial charge on any atom is 0.354 e. The number of hydrogen-bond donors (Lipinski definition) is 2. The molecule has 5 nitrogen and oxygen atoms in total. The molecule has 2 aromatic rings. The highest BCUT2D eigenvalue weighted by atomic mass is 79.9. The molecule has 1 heterocycles. The molecule has 6 heteroatoms. The van der Waals surface area contributed by atoms with Gasteiger partial charge in [-0.3, -0.25) is 4.79 Å². The van der Waals surface area contributed by atoms with Gasteiger partial charge in [-0.2, -0.15) is 0 Å². The molecule has 21 heavy (non-hydrogen) atoms. The van der Waals surface area contributed by atoms with Gasteiger partial charge in [-0.15, -0.1) is 0 Å². The Morgan fingerprint density at radius 2 is 1.76 bits per heavy atom. The average molecular weight is 349 g/mol. The zero-order valence-electron chi connectivity index (χ0n) is 11.0. The van der Waals surface area contributed by atoms with E-state index in [1.807, 2.05) is 24.3 Å². The van der Waals surface area contributed by atoms with Crippen LogP contribution in [0, 0.1) is 0 Å². The second-order valence-electron chi connectivity index (χ2n) is 4.44. The van der Waals surface area contributed by atoms with Gasteiger partial charge in [-0.25, -0.2) is 9.78 Å². The topological polar surface area (TPSA) is 79.3 Å². The van der Waals surface area contributed by atoms with Crippen LogP contribution in [-0.2, 0) is 17.8 Å². The lowest BCUT2D eigenvalue weighted by Crippen LogP contribution is -2.24. The molecule has 0 saturated carbocycles. The van der Waals surface area contributed by atoms with E-state index >= 15 is 0 Å². The first-order valence-electron chi connectivity index (χ1n) is 6.24. The Morgan fingerprint density at radius 1 is 1.10 bits per heavy atom. The molecule has 1 aromatic heterocycles. The highest BCUT2D eigenvalue weighted by Crippen LogP contribution is 2.10. The van der Waals surface area contributed by atoms with Crippen molar-refractivity contribution in [2.45, 2.75) is 13.0 Å². The number of nitrogens with one attached hydrogen (secondary N) is 1. The number of hydrogen-bond acceptors (Lipinski definition) is 3. The SMILES string of the molecule is O=C(Cc1ccc(Br)cc1)NCc1ccc(C(=O)O)nc1. The largest absolute Gasteiger partial charge is 0.477 e. The van der Waals surface area contributed by atoms with Gasteiger partial charge in [0, 0.05) is 17.2 Å². The quantitative estimate of drug-likeness (QED) is 0.869. The van der Waals surface area contributed by atoms with E-state index in [-0.39, 0.29) is 11.6 Å². The molecule has 1 aromatic carbocycles. The average Bonchev–Trinajstić information content (AvgIpc) is 2.48. The number of nitrogens with zero attached hydrogens (tertiary/aromatic N) is 1. The Balaban J connectivity index is 1.86. The predicted octanol–water partition coefficient (Wildman–Crippen LogP) is 2.40. The van der Waals surface area contributed by atoms with Crippen LogP contribution in [0.2, 0.25) is 0 Å². The van der Waals surface area contributed by atoms with E-state index in [2.05, 4.69) is 26.2 Å². The number of pyridine rings is 1. The summed E-state index contributed by atoms with van der Waals surface area (Å²) in [4.78, 5) is 26.3. The molecule has 0 atom stereocenters. The van der Waals surface area contributed by atoms with Crippen molar-refractivity contribution in [3.63, 3.8) is 0 Å². The number of carboxylic acid groups (broad SMARTS) is 1. The first-order chi connectivity index (χ1) is 10.0. The molecule has 108 valence electrons. The summed E-state index contributed by atoms with van der Waals surface area (Å²) in [5.74, 6) is -1.17. The molecule has 2 N–H and O–H groups in total. The van der Waals surface area contributed by atoms with Crippen molar-refractivity contribution < 1.29 is 14.7 Å². The standard InChI is InChI=1S/C15H13BrN2O3/c16-12-4-1-10(2-5-12)7-14(19)18-9-11-3-6-13(15(20)21)17-8-11/h1-6,8H,7,9H2,(H,18,19)(H,20,21). The lowest BCUT2D eigenvalue weighted by molar-refractivity contribution is -0.120. The molecule has 0 fully saturated rings. The first kappa shape index (κ1) is 15.2. The van der Waals surface area contributed by atoms with Crippen LogP contribution >= 0.6 is 15.9 Å². The number of halogens is 1. The smallest absolute Gasteiger partial charge is 0.354 e. The number of carbonyl (C=O) groups is 2. The Morgan fingerprint density at radius 3 is 2.33 bits per heavy atom. The third kappa shape index (κ3) is 4.68. The molecule has 2 rings (SSSR count). The van der Waals surface area contributed by atoms with Crippen molar-refractivity contribution in [3.8, 4) is 0 Å². The third-order valence-electron chi connectivity index (χ3n) is 2.81. The lowest BCUT2D eigenvalue weighted by Gasteiger charge is -2.06. The highest BCUT2D eigenvalue weighted by Gasteiger charge is 2.06. The number of aromatic carboxylic acids is 1. The number of rotatable bonds is 5. The van der Waals surface area contributed by atoms with Gasteiger partial charge in [-0.1, -0.05) is 34.1 Å². The third-order valence-corrected chi connectivity index (χ3v) is 3.34. The number of benzene rings is 1. The Bertz CT molecular complexity index is 639. The fourth-order valence-electron chi connectivity index (χ4n) is 1.71. The van der Waals surface area contributed by atoms with E-state index in [1.165, 1.54) is 12.3 Å². The predicted molar refractivity (Wildman–Crippen MR) is 80.9 cm³/mol. The van der Waals surface area contributed by atoms with Crippen LogP contribution in [0.25, 0.3) is 0 Å². The zero-order chi connectivity index (χ0) is 15.2. The van der Waals surface area contributed by atoms with Gasteiger partial charge in [0.05, 0.1) is 6.42 Å². The van der Waals surface area contributed by atoms with Gasteiger partial charge in [0.2, 0.25) is 5.91 Å². The summed E-state index contributed by atoms with van der Waals surface area (Å²) >= 11 is 3.34. The van der Waals surface area contributed by atoms with E-state index in [1.54, 1.807) is 6.07 Å². The molecule has 0 aliphatic heterocycles. The summed E-state index contributed by atoms with van der Waals surface area (Å²) < 4.78 is 0.969. The maximum absolute atomic E-state index is 11.8. The van der Waals surface area contributed by atoms with Crippen molar-refractivity contribution in [2.24, 2.45) is 0 Å². The summed E-state index contributed by atoms with van der Waals surface area (Å²) in [6.45, 7) is 0.322. The zero-order valence-corrected chi connectivity index (χ0v) is 12.6. The fraction of sp³-hybridized carbons (Fsp3) is 0.133. The number of amides is 1. The van der Waals surface area contributed by atoms with Crippen molar-refractivity contribution in [2.75, 3.05) is 0 Å². The van der Waals surface area contributed by atoms with E-state index in [0.29, 0.717) is 13.0 Å². The van der Waals surface area contributed by atoms with Crippen molar-refractivity contribution in [1.29, 1.82) is 0 Å². The van der Waals surface area contributed by atoms with Crippen LogP contribution in [0.1, 0.15) is 21.6 Å². The van der Waals surface area contributed by atoms with E-state index in [4.69, 9.17) is 5.11 Å². The van der Waals surface area contributed by atoms with E-state index in [9.17, 15) is 9.59 Å². The molecule has 0 spiro atoms. The molecular weight excluding hydrogens is 336 g/mol. The minimum absolute atomic E-state index is 0.0139. The molecule has 1 amide bonds. The van der Waals surface area contributed by atoms with Crippen molar-refractivity contribution in [3.05, 3.63) is 63.9 Å². The van der Waals surface area contributed by atoms with Crippen LogP contribution in [-0.4, -0.2) is 22.0 Å². The lowest BCUT2D eigenvalue weighted by atomic mass is 10.1. The Hall–Kier alpha value is -2.21. The van der Waals surface area contributed by atoms with Gasteiger partial charge in [0.15, 0.2) is 0 Å². The number of carbonyl (C=O) groups excluding carboxylic acids is 1. The molecule has 0 aliphatic carbocycles. The number of aromatic nitrogens is 1. The second kappa shape index (κ2) is 6.99. The summed E-state index contributed by atoms with van der Waals surface area (Å²) in [5.41, 5.74) is 1.67. The molecule has 0 radical (unpaired) electrons. The molecule has 0 aliphatic rings. The Labute approximate surface area is 130 Å². The molecule has 0 bridgehead atoms. The van der Waals surface area contributed by atoms with Crippen molar-refractivity contribution in [1.82, 2.24) is 10.3 Å². The minimum atomic E-state index is -1.07. The summed E-state index contributed by atoms with van der Waals surface area (Å²) in [6, 6.07) is 10.6. The van der Waals surface area contributed by atoms with Crippen LogP contribution in [0.5, 0.6) is 0 Å². The fourth-order valence-corrected chi connectivity index (χ4v) is 1.97. The van der Waals surface area contributed by atoms with Crippen molar-refractivity contribution >= 4 is 27.8 Å². The summed E-state index contributed by atoms with van der Waals surface area (Å²) in [6.07, 6.45) is 1.75. The second-order valence-corrected chi connectivity index (χ2v) is 5.35. The molecule has 0 saturated heterocycles. The van der Waals surface area contributed by atoms with Crippen LogP contribution in [0.3, 0.4) is 0 Å². The Kier molecular flexibility index (Phi) is 5.05. The van der Waals surface area contributed by atoms with E-state index in [0.717, 1.165) is 15.6 Å². The van der Waals surface area contributed by atoms with Crippen LogP contribution in [0.15, 0.2) is 47.1 Å². The first-order valence-corrected chi connectivity index (χ1v) is 7.03. The minimum Gasteiger partial charge on any atom is -0.477 e. The normalized spacial score (nSPS) is 10.1. The molecular formula is C15H13BrN2O3. The van der Waals surface area contributed by atoms with Gasteiger partial charge in [0.25, 0.3) is 0 Å². The number of carboxylic acids is 1. The molecule has 0 unspecified atom stereocenters. The van der Waals surface area contributed by atoms with Gasteiger partial charge in [-0.05, 0) is 29.3 Å². The van der Waals surface area contributed by atoms with Crippen LogP contribution in [0.4, 0.5) is 0 Å². The maximum atomic E-state index is 11.8. The van der Waals surface area contributed by atoms with Gasteiger partial charge < -0.3 is 10.4 Å². The van der Waals surface area contributed by atoms with Crippen LogP contribution < -0.4 is 5.32 Å². The monoisotopic (exact) mass is 348 g/mol. The van der Waals surface area contributed by atoms with Gasteiger partial charge in [0.1, 0.15) is 5.69 Å². The highest BCUT2D eigenvalue weighted by molar-refractivity contribution is 9.10.